The molecule has 7 nitrogen and oxygen atoms in total. The number of esters is 1. The van der Waals surface area contributed by atoms with Crippen LogP contribution in [0.2, 0.25) is 0 Å². The molecule has 1 aliphatic heterocycles. The van der Waals surface area contributed by atoms with Crippen LogP contribution in [0.4, 0.5) is 0 Å². The van der Waals surface area contributed by atoms with Crippen molar-refractivity contribution in [2.75, 3.05) is 13.7 Å². The molecule has 1 fully saturated rings. The zero-order chi connectivity index (χ0) is 21.3. The number of hydrogen-bond acceptors (Lipinski definition) is 6. The standard InChI is InChI=1S/C18H26BIN2O5S/c1-8-25-16(24)15-9-13(12(2)22(15)28-20)14(10-21(7)11-23)19-26-17(3,4)18(5,6)27-19/h9-11H,8H2,1-7H3/b14-10+. The Kier molecular flexibility index (Phi) is 7.33. The SMILES string of the molecule is CCOC(=O)c1cc(/C(=C\N(C)C=O)B2OC(C)(C)C(C)(C)O2)c(C)n1SI. The normalized spacial score (nSPS) is 18.3. The third kappa shape index (κ3) is 4.44. The van der Waals surface area contributed by atoms with E-state index >= 15 is 0 Å². The fourth-order valence-electron chi connectivity index (χ4n) is 2.80. The monoisotopic (exact) mass is 520 g/mol. The minimum Gasteiger partial charge on any atom is -0.461 e. The van der Waals surface area contributed by atoms with Crippen LogP contribution in [0.5, 0.6) is 0 Å². The van der Waals surface area contributed by atoms with Gasteiger partial charge in [0, 0.05) is 54.7 Å². The Morgan fingerprint density at radius 3 is 2.39 bits per heavy atom. The molecule has 0 N–H and O–H groups in total. The van der Waals surface area contributed by atoms with Crippen molar-refractivity contribution < 1.29 is 23.6 Å². The molecule has 2 heterocycles. The summed E-state index contributed by atoms with van der Waals surface area (Å²) in [5.74, 6) is -0.405. The second-order valence-electron chi connectivity index (χ2n) is 7.56. The highest BCUT2D eigenvalue weighted by atomic mass is 127. The smallest absolute Gasteiger partial charge is 0.461 e. The highest BCUT2D eigenvalue weighted by Gasteiger charge is 2.53. The fraction of sp³-hybridized carbons (Fsp3) is 0.556. The van der Waals surface area contributed by atoms with Gasteiger partial charge in [-0.2, -0.15) is 0 Å². The summed E-state index contributed by atoms with van der Waals surface area (Å²) in [7, 11) is 2.33. The molecule has 1 aromatic rings. The molecule has 1 aromatic heterocycles. The summed E-state index contributed by atoms with van der Waals surface area (Å²) in [5.41, 5.74) is 1.62. The largest absolute Gasteiger partial charge is 0.497 e. The van der Waals surface area contributed by atoms with E-state index in [2.05, 4.69) is 21.2 Å². The lowest BCUT2D eigenvalue weighted by atomic mass is 9.74. The van der Waals surface area contributed by atoms with Crippen molar-refractivity contribution in [2.45, 2.75) is 52.7 Å². The van der Waals surface area contributed by atoms with E-state index in [4.69, 9.17) is 14.0 Å². The van der Waals surface area contributed by atoms with Gasteiger partial charge in [0.05, 0.1) is 17.8 Å². The summed E-state index contributed by atoms with van der Waals surface area (Å²) < 4.78 is 19.4. The van der Waals surface area contributed by atoms with Crippen LogP contribution < -0.4 is 0 Å². The minimum atomic E-state index is -0.684. The number of rotatable bonds is 7. The number of hydrogen-bond donors (Lipinski definition) is 0. The van der Waals surface area contributed by atoms with Gasteiger partial charge in [0.2, 0.25) is 6.41 Å². The van der Waals surface area contributed by atoms with Crippen LogP contribution in [0.3, 0.4) is 0 Å². The van der Waals surface area contributed by atoms with Gasteiger partial charge < -0.3 is 18.9 Å². The fourth-order valence-corrected chi connectivity index (χ4v) is 4.72. The molecule has 0 aliphatic carbocycles. The van der Waals surface area contributed by atoms with Crippen LogP contribution >= 0.6 is 30.3 Å². The van der Waals surface area contributed by atoms with Crippen molar-refractivity contribution in [2.24, 2.45) is 0 Å². The lowest BCUT2D eigenvalue weighted by Crippen LogP contribution is -2.41. The predicted octanol–water partition coefficient (Wildman–Crippen LogP) is 3.88. The number of ether oxygens (including phenoxy) is 1. The summed E-state index contributed by atoms with van der Waals surface area (Å²) in [6, 6.07) is 1.76. The van der Waals surface area contributed by atoms with Gasteiger partial charge in [-0.05, 0) is 53.2 Å². The summed E-state index contributed by atoms with van der Waals surface area (Å²) in [6.07, 6.45) is 2.38. The molecule has 154 valence electrons. The molecule has 0 unspecified atom stereocenters. The van der Waals surface area contributed by atoms with Gasteiger partial charge in [0.1, 0.15) is 5.69 Å². The summed E-state index contributed by atoms with van der Waals surface area (Å²) in [6.45, 7) is 11.8. The molecule has 1 saturated heterocycles. The van der Waals surface area contributed by atoms with Crippen LogP contribution in [0.15, 0.2) is 12.3 Å². The maximum Gasteiger partial charge on any atom is 0.497 e. The molecule has 0 atom stereocenters. The van der Waals surface area contributed by atoms with E-state index in [1.165, 1.54) is 14.0 Å². The van der Waals surface area contributed by atoms with Crippen LogP contribution in [0, 0.1) is 6.92 Å². The van der Waals surface area contributed by atoms with Crippen molar-refractivity contribution in [1.29, 1.82) is 0 Å². The molecule has 0 saturated carbocycles. The molecule has 0 spiro atoms. The molecular formula is C18H26BIN2O5S. The van der Waals surface area contributed by atoms with E-state index in [1.807, 2.05) is 34.6 Å². The number of halogens is 1. The molecule has 2 rings (SSSR count). The van der Waals surface area contributed by atoms with Crippen LogP contribution in [0.1, 0.15) is 56.4 Å². The van der Waals surface area contributed by atoms with Crippen molar-refractivity contribution in [1.82, 2.24) is 8.87 Å². The minimum absolute atomic E-state index is 0.290. The van der Waals surface area contributed by atoms with Crippen LogP contribution in [0.25, 0.3) is 5.47 Å². The van der Waals surface area contributed by atoms with Crippen LogP contribution in [-0.4, -0.2) is 53.2 Å². The number of carbonyl (C=O) groups excluding carboxylic acids is 2. The van der Waals surface area contributed by atoms with E-state index in [0.717, 1.165) is 11.3 Å². The number of nitrogens with zero attached hydrogens (tertiary/aromatic N) is 2. The summed E-state index contributed by atoms with van der Waals surface area (Å²) >= 11 is 2.12. The van der Waals surface area contributed by atoms with Crippen molar-refractivity contribution in [3.05, 3.63) is 29.2 Å². The van der Waals surface area contributed by atoms with Gasteiger partial charge in [0.15, 0.2) is 0 Å². The van der Waals surface area contributed by atoms with E-state index in [1.54, 1.807) is 30.2 Å². The van der Waals surface area contributed by atoms with Gasteiger partial charge in [-0.15, -0.1) is 0 Å². The van der Waals surface area contributed by atoms with Crippen molar-refractivity contribution in [3.8, 4) is 0 Å². The van der Waals surface area contributed by atoms with Gasteiger partial charge in [0.25, 0.3) is 0 Å². The zero-order valence-corrected chi connectivity index (χ0v) is 20.2. The first-order valence-corrected chi connectivity index (χ1v) is 12.2. The molecule has 0 bridgehead atoms. The highest BCUT2D eigenvalue weighted by molar-refractivity contribution is 14.2. The number of amides is 1. The molecule has 0 radical (unpaired) electrons. The Bertz CT molecular complexity index is 777. The average Bonchev–Trinajstić information content (AvgIpc) is 3.05. The Hall–Kier alpha value is -0.975. The van der Waals surface area contributed by atoms with Crippen LogP contribution in [-0.2, 0) is 18.8 Å². The van der Waals surface area contributed by atoms with Gasteiger partial charge in [-0.3, -0.25) is 8.77 Å². The molecule has 0 aromatic carbocycles. The molecule has 1 aliphatic rings. The quantitative estimate of drug-likeness (QED) is 0.236. The summed E-state index contributed by atoms with van der Waals surface area (Å²) in [5, 5.41) is 0. The molecule has 1 amide bonds. The second kappa shape index (κ2) is 8.80. The highest BCUT2D eigenvalue weighted by Crippen LogP contribution is 2.42. The van der Waals surface area contributed by atoms with Crippen molar-refractivity contribution >= 4 is 55.3 Å². The van der Waals surface area contributed by atoms with E-state index in [-0.39, 0.29) is 6.61 Å². The molecular weight excluding hydrogens is 494 g/mol. The maximum absolute atomic E-state index is 12.4. The first-order valence-electron chi connectivity index (χ1n) is 8.92. The van der Waals surface area contributed by atoms with Gasteiger partial charge in [-0.1, -0.05) is 0 Å². The van der Waals surface area contributed by atoms with Gasteiger partial charge >= 0.3 is 13.1 Å². The third-order valence-corrected chi connectivity index (χ3v) is 6.87. The lowest BCUT2D eigenvalue weighted by molar-refractivity contribution is -0.114. The van der Waals surface area contributed by atoms with E-state index < -0.39 is 24.3 Å². The lowest BCUT2D eigenvalue weighted by Gasteiger charge is -2.32. The Balaban J connectivity index is 2.59. The second-order valence-corrected chi connectivity index (χ2v) is 9.24. The third-order valence-electron chi connectivity index (χ3n) is 5.08. The number of aromatic nitrogens is 1. The van der Waals surface area contributed by atoms with E-state index in [9.17, 15) is 9.59 Å². The maximum atomic E-state index is 12.4. The first-order chi connectivity index (χ1) is 13.0. The topological polar surface area (TPSA) is 70.0 Å². The Morgan fingerprint density at radius 2 is 1.93 bits per heavy atom. The molecule has 28 heavy (non-hydrogen) atoms. The van der Waals surface area contributed by atoms with Gasteiger partial charge in [-0.25, -0.2) is 4.79 Å². The molecule has 10 heteroatoms. The first kappa shape index (κ1) is 23.3. The zero-order valence-electron chi connectivity index (χ0n) is 17.2. The predicted molar refractivity (Wildman–Crippen MR) is 120 cm³/mol. The Morgan fingerprint density at radius 1 is 1.36 bits per heavy atom. The summed E-state index contributed by atoms with van der Waals surface area (Å²) in [4.78, 5) is 25.1. The van der Waals surface area contributed by atoms with E-state index in [0.29, 0.717) is 17.6 Å². The number of carbonyl (C=O) groups is 2. The average molecular weight is 520 g/mol. The van der Waals surface area contributed by atoms with Crippen molar-refractivity contribution in [3.63, 3.8) is 0 Å². The Labute approximate surface area is 183 Å².